The molecule has 2 rings (SSSR count). The van der Waals surface area contributed by atoms with Crippen LogP contribution in [-0.2, 0) is 12.6 Å². The quantitative estimate of drug-likeness (QED) is 0.822. The molecule has 0 aliphatic heterocycles. The second kappa shape index (κ2) is 7.78. The summed E-state index contributed by atoms with van der Waals surface area (Å²) < 4.78 is 44.0. The highest BCUT2D eigenvalue weighted by molar-refractivity contribution is 5.95. The SMILES string of the molecule is COc1ccc(CC(C)(O)CNC(=O)c2ccccc2C(F)(F)F)cc1. The molecular formula is C19H20F3NO3. The maximum atomic E-state index is 13.0. The molecule has 0 bridgehead atoms. The zero-order valence-corrected chi connectivity index (χ0v) is 14.4. The third kappa shape index (κ3) is 5.23. The van der Waals surface area contributed by atoms with Crippen LogP contribution in [0.15, 0.2) is 48.5 Å². The number of ether oxygens (including phenoxy) is 1. The number of halogens is 3. The van der Waals surface area contributed by atoms with Crippen LogP contribution in [-0.4, -0.2) is 30.3 Å². The Kier molecular flexibility index (Phi) is 5.92. The number of carbonyl (C=O) groups excluding carboxylic acids is 1. The molecule has 0 aliphatic carbocycles. The van der Waals surface area contributed by atoms with Gasteiger partial charge in [-0.15, -0.1) is 0 Å². The van der Waals surface area contributed by atoms with E-state index in [9.17, 15) is 23.1 Å². The summed E-state index contributed by atoms with van der Waals surface area (Å²) in [6.07, 6.45) is -4.41. The number of aliphatic hydroxyl groups is 1. The molecule has 0 spiro atoms. The number of rotatable bonds is 6. The fourth-order valence-corrected chi connectivity index (χ4v) is 2.54. The molecule has 2 N–H and O–H groups in total. The van der Waals surface area contributed by atoms with Crippen LogP contribution in [0.4, 0.5) is 13.2 Å². The van der Waals surface area contributed by atoms with E-state index in [-0.39, 0.29) is 13.0 Å². The van der Waals surface area contributed by atoms with Crippen LogP contribution in [0.5, 0.6) is 5.75 Å². The molecule has 7 heteroatoms. The van der Waals surface area contributed by atoms with E-state index in [2.05, 4.69) is 5.32 Å². The van der Waals surface area contributed by atoms with Crippen molar-refractivity contribution >= 4 is 5.91 Å². The van der Waals surface area contributed by atoms with Gasteiger partial charge in [-0.3, -0.25) is 4.79 Å². The Morgan fingerprint density at radius 3 is 2.31 bits per heavy atom. The largest absolute Gasteiger partial charge is 0.497 e. The number of nitrogens with one attached hydrogen (secondary N) is 1. The standard InChI is InChI=1S/C19H20F3NO3/c1-18(25,11-13-7-9-14(26-2)10-8-13)12-23-17(24)15-5-3-4-6-16(15)19(20,21)22/h3-10,25H,11-12H2,1-2H3,(H,23,24). The molecule has 1 atom stereocenters. The lowest BCUT2D eigenvalue weighted by Gasteiger charge is -2.24. The summed E-state index contributed by atoms with van der Waals surface area (Å²) in [5.74, 6) is -0.210. The van der Waals surface area contributed by atoms with Gasteiger partial charge in [0.05, 0.1) is 23.8 Å². The molecule has 0 aliphatic rings. The molecule has 0 saturated carbocycles. The zero-order chi connectivity index (χ0) is 19.4. The van der Waals surface area contributed by atoms with Gasteiger partial charge < -0.3 is 15.2 Å². The van der Waals surface area contributed by atoms with E-state index in [0.717, 1.165) is 17.7 Å². The van der Waals surface area contributed by atoms with Gasteiger partial charge in [0.2, 0.25) is 0 Å². The van der Waals surface area contributed by atoms with Crippen molar-refractivity contribution in [3.05, 3.63) is 65.2 Å². The minimum atomic E-state index is -4.63. The predicted molar refractivity (Wildman–Crippen MR) is 91.1 cm³/mol. The van der Waals surface area contributed by atoms with Gasteiger partial charge >= 0.3 is 6.18 Å². The fourth-order valence-electron chi connectivity index (χ4n) is 2.54. The molecule has 2 aromatic carbocycles. The summed E-state index contributed by atoms with van der Waals surface area (Å²) in [7, 11) is 1.54. The molecule has 140 valence electrons. The molecule has 1 amide bonds. The maximum Gasteiger partial charge on any atom is 0.417 e. The van der Waals surface area contributed by atoms with Gasteiger partial charge in [-0.05, 0) is 36.8 Å². The van der Waals surface area contributed by atoms with E-state index >= 15 is 0 Å². The predicted octanol–water partition coefficient (Wildman–Crippen LogP) is 3.44. The summed E-state index contributed by atoms with van der Waals surface area (Å²) in [6, 6.07) is 11.6. The molecular weight excluding hydrogens is 347 g/mol. The fraction of sp³-hybridized carbons (Fsp3) is 0.316. The molecule has 0 aromatic heterocycles. The normalized spacial score (nSPS) is 13.8. The molecule has 0 saturated heterocycles. The van der Waals surface area contributed by atoms with Crippen molar-refractivity contribution in [3.8, 4) is 5.75 Å². The van der Waals surface area contributed by atoms with Crippen molar-refractivity contribution in [2.75, 3.05) is 13.7 Å². The molecule has 26 heavy (non-hydrogen) atoms. The maximum absolute atomic E-state index is 13.0. The highest BCUT2D eigenvalue weighted by atomic mass is 19.4. The van der Waals surface area contributed by atoms with Crippen molar-refractivity contribution in [1.82, 2.24) is 5.32 Å². The van der Waals surface area contributed by atoms with E-state index in [1.54, 1.807) is 31.4 Å². The Labute approximate surface area is 149 Å². The molecule has 0 heterocycles. The molecule has 2 aromatic rings. The third-order valence-corrected chi connectivity index (χ3v) is 3.85. The van der Waals surface area contributed by atoms with Crippen molar-refractivity contribution in [1.29, 1.82) is 0 Å². The number of carbonyl (C=O) groups is 1. The Bertz CT molecular complexity index is 755. The molecule has 1 unspecified atom stereocenters. The van der Waals surface area contributed by atoms with E-state index < -0.39 is 28.8 Å². The van der Waals surface area contributed by atoms with Crippen LogP contribution in [0.2, 0.25) is 0 Å². The van der Waals surface area contributed by atoms with Crippen LogP contribution >= 0.6 is 0 Å². The smallest absolute Gasteiger partial charge is 0.417 e. The van der Waals surface area contributed by atoms with Crippen LogP contribution in [0, 0.1) is 0 Å². The number of hydrogen-bond acceptors (Lipinski definition) is 3. The number of methoxy groups -OCH3 is 1. The van der Waals surface area contributed by atoms with Crippen molar-refractivity contribution in [2.45, 2.75) is 25.1 Å². The lowest BCUT2D eigenvalue weighted by Crippen LogP contribution is -2.42. The number of alkyl halides is 3. The Morgan fingerprint density at radius 1 is 1.12 bits per heavy atom. The first-order valence-electron chi connectivity index (χ1n) is 7.92. The van der Waals surface area contributed by atoms with E-state index in [1.165, 1.54) is 19.1 Å². The summed E-state index contributed by atoms with van der Waals surface area (Å²) in [6.45, 7) is 1.32. The Hall–Kier alpha value is -2.54. The minimum absolute atomic E-state index is 0.190. The molecule has 0 radical (unpaired) electrons. The first-order valence-corrected chi connectivity index (χ1v) is 7.92. The lowest BCUT2D eigenvalue weighted by molar-refractivity contribution is -0.137. The second-order valence-corrected chi connectivity index (χ2v) is 6.25. The third-order valence-electron chi connectivity index (χ3n) is 3.85. The van der Waals surface area contributed by atoms with Gasteiger partial charge in [0, 0.05) is 13.0 Å². The average Bonchev–Trinajstić information content (AvgIpc) is 2.59. The summed E-state index contributed by atoms with van der Waals surface area (Å²) >= 11 is 0. The summed E-state index contributed by atoms with van der Waals surface area (Å²) in [4.78, 5) is 12.2. The van der Waals surface area contributed by atoms with Crippen molar-refractivity contribution in [2.24, 2.45) is 0 Å². The van der Waals surface area contributed by atoms with Crippen molar-refractivity contribution in [3.63, 3.8) is 0 Å². The van der Waals surface area contributed by atoms with E-state index in [0.29, 0.717) is 5.75 Å². The van der Waals surface area contributed by atoms with Gasteiger partial charge in [0.25, 0.3) is 5.91 Å². The average molecular weight is 367 g/mol. The number of hydrogen-bond donors (Lipinski definition) is 2. The lowest BCUT2D eigenvalue weighted by atomic mass is 9.96. The molecule has 4 nitrogen and oxygen atoms in total. The van der Waals surface area contributed by atoms with E-state index in [1.807, 2.05) is 0 Å². The van der Waals surface area contributed by atoms with Gasteiger partial charge in [-0.1, -0.05) is 24.3 Å². The van der Waals surface area contributed by atoms with Gasteiger partial charge in [-0.25, -0.2) is 0 Å². The zero-order valence-electron chi connectivity index (χ0n) is 14.4. The van der Waals surface area contributed by atoms with Gasteiger partial charge in [-0.2, -0.15) is 13.2 Å². The Morgan fingerprint density at radius 2 is 1.73 bits per heavy atom. The second-order valence-electron chi connectivity index (χ2n) is 6.25. The monoisotopic (exact) mass is 367 g/mol. The topological polar surface area (TPSA) is 58.6 Å². The highest BCUT2D eigenvalue weighted by Crippen LogP contribution is 2.31. The van der Waals surface area contributed by atoms with Gasteiger partial charge in [0.15, 0.2) is 0 Å². The minimum Gasteiger partial charge on any atom is -0.497 e. The number of benzene rings is 2. The van der Waals surface area contributed by atoms with Crippen LogP contribution < -0.4 is 10.1 Å². The summed E-state index contributed by atoms with van der Waals surface area (Å²) in [5.41, 5.74) is -1.99. The highest BCUT2D eigenvalue weighted by Gasteiger charge is 2.35. The summed E-state index contributed by atoms with van der Waals surface area (Å²) in [5, 5.41) is 12.8. The van der Waals surface area contributed by atoms with Crippen LogP contribution in [0.25, 0.3) is 0 Å². The Balaban J connectivity index is 2.04. The van der Waals surface area contributed by atoms with Gasteiger partial charge in [0.1, 0.15) is 5.75 Å². The first-order chi connectivity index (χ1) is 12.1. The van der Waals surface area contributed by atoms with Crippen LogP contribution in [0.3, 0.4) is 0 Å². The van der Waals surface area contributed by atoms with E-state index in [4.69, 9.17) is 4.74 Å². The first kappa shape index (κ1) is 19.8. The van der Waals surface area contributed by atoms with Crippen LogP contribution in [0.1, 0.15) is 28.4 Å². The van der Waals surface area contributed by atoms with Crippen molar-refractivity contribution < 1.29 is 27.8 Å². The molecule has 0 fully saturated rings. The number of amides is 1.